The maximum Gasteiger partial charge on any atom is 0.224 e. The van der Waals surface area contributed by atoms with E-state index >= 15 is 0 Å². The number of amides is 1. The molecule has 0 atom stereocenters. The molecule has 0 aromatic rings. The number of nitrogens with one attached hydrogen (secondary N) is 2. The van der Waals surface area contributed by atoms with Crippen LogP contribution in [-0.4, -0.2) is 73.0 Å². The fraction of sp³-hybridized carbons (Fsp3) is 0.895. The van der Waals surface area contributed by atoms with E-state index < -0.39 is 0 Å². The van der Waals surface area contributed by atoms with Gasteiger partial charge in [-0.15, -0.1) is 0 Å². The van der Waals surface area contributed by atoms with E-state index in [0.29, 0.717) is 25.0 Å². The van der Waals surface area contributed by atoms with Crippen LogP contribution >= 0.6 is 0 Å². The minimum atomic E-state index is 0.192. The summed E-state index contributed by atoms with van der Waals surface area (Å²) in [7, 11) is 0. The van der Waals surface area contributed by atoms with Crippen LogP contribution in [-0.2, 0) is 4.79 Å². The van der Waals surface area contributed by atoms with Gasteiger partial charge in [-0.3, -0.25) is 14.7 Å². The molecule has 0 aromatic heterocycles. The first-order chi connectivity index (χ1) is 11.9. The molecule has 0 aromatic carbocycles. The van der Waals surface area contributed by atoms with E-state index in [-0.39, 0.29) is 5.91 Å². The summed E-state index contributed by atoms with van der Waals surface area (Å²) < 4.78 is 0. The fourth-order valence-electron chi connectivity index (χ4n) is 2.92. The standard InChI is InChI=1S/C19H41N5O/c1-8-20-19(22-14-12-18(25)23(9-2)10-3)21-13-11-15-24(16(4)5)17(6)7/h16-17H,8-15H2,1-7H3,(H2,20,21,22). The molecule has 0 fully saturated rings. The van der Waals surface area contributed by atoms with Crippen LogP contribution in [0, 0.1) is 0 Å². The highest BCUT2D eigenvalue weighted by atomic mass is 16.2. The summed E-state index contributed by atoms with van der Waals surface area (Å²) in [6.45, 7) is 19.8. The molecule has 0 spiro atoms. The van der Waals surface area contributed by atoms with Crippen LogP contribution in [0.15, 0.2) is 4.99 Å². The predicted octanol–water partition coefficient (Wildman–Crippen LogP) is 2.31. The Labute approximate surface area is 155 Å². The van der Waals surface area contributed by atoms with E-state index in [1.807, 2.05) is 18.7 Å². The number of hydrogen-bond donors (Lipinski definition) is 2. The molecule has 25 heavy (non-hydrogen) atoms. The lowest BCUT2D eigenvalue weighted by Gasteiger charge is -2.30. The zero-order valence-electron chi connectivity index (χ0n) is 17.6. The number of carbonyl (C=O) groups excluding carboxylic acids is 1. The van der Waals surface area contributed by atoms with Gasteiger partial charge in [0.25, 0.3) is 0 Å². The molecule has 0 radical (unpaired) electrons. The first-order valence-electron chi connectivity index (χ1n) is 9.92. The van der Waals surface area contributed by atoms with Crippen LogP contribution in [0.25, 0.3) is 0 Å². The van der Waals surface area contributed by atoms with Crippen molar-refractivity contribution in [1.82, 2.24) is 20.4 Å². The second-order valence-corrected chi connectivity index (χ2v) is 6.78. The summed E-state index contributed by atoms with van der Waals surface area (Å²) in [5.74, 6) is 0.994. The number of carbonyl (C=O) groups is 1. The van der Waals surface area contributed by atoms with Gasteiger partial charge in [-0.25, -0.2) is 0 Å². The Bertz CT molecular complexity index is 370. The second-order valence-electron chi connectivity index (χ2n) is 6.78. The van der Waals surface area contributed by atoms with Gasteiger partial charge < -0.3 is 15.5 Å². The summed E-state index contributed by atoms with van der Waals surface area (Å²) in [6.07, 6.45) is 1.53. The van der Waals surface area contributed by atoms with E-state index in [9.17, 15) is 4.79 Å². The summed E-state index contributed by atoms with van der Waals surface area (Å²) in [6, 6.07) is 1.11. The average molecular weight is 356 g/mol. The molecule has 148 valence electrons. The molecular formula is C19H41N5O. The first kappa shape index (κ1) is 23.7. The quantitative estimate of drug-likeness (QED) is 0.320. The summed E-state index contributed by atoms with van der Waals surface area (Å²) in [4.78, 5) is 21.0. The molecule has 6 heteroatoms. The lowest BCUT2D eigenvalue weighted by molar-refractivity contribution is -0.130. The lowest BCUT2D eigenvalue weighted by Crippen LogP contribution is -2.40. The van der Waals surface area contributed by atoms with Gasteiger partial charge in [-0.2, -0.15) is 0 Å². The minimum absolute atomic E-state index is 0.192. The molecule has 0 bridgehead atoms. The Kier molecular flexibility index (Phi) is 13.2. The van der Waals surface area contributed by atoms with E-state index in [4.69, 9.17) is 0 Å². The number of rotatable bonds is 12. The van der Waals surface area contributed by atoms with Gasteiger partial charge in [-0.1, -0.05) is 0 Å². The second kappa shape index (κ2) is 13.9. The van der Waals surface area contributed by atoms with Crippen LogP contribution in [0.2, 0.25) is 0 Å². The molecule has 0 saturated heterocycles. The molecule has 6 nitrogen and oxygen atoms in total. The SMILES string of the molecule is CCNC(=NCCCN(C(C)C)C(C)C)NCCC(=O)N(CC)CC. The highest BCUT2D eigenvalue weighted by Crippen LogP contribution is 2.05. The third-order valence-electron chi connectivity index (χ3n) is 4.26. The van der Waals surface area contributed by atoms with Crippen LogP contribution < -0.4 is 10.6 Å². The van der Waals surface area contributed by atoms with Gasteiger partial charge in [0, 0.05) is 57.8 Å². The largest absolute Gasteiger partial charge is 0.357 e. The third-order valence-corrected chi connectivity index (χ3v) is 4.26. The predicted molar refractivity (Wildman–Crippen MR) is 108 cm³/mol. The molecule has 2 N–H and O–H groups in total. The van der Waals surface area contributed by atoms with Crippen molar-refractivity contribution in [1.29, 1.82) is 0 Å². The van der Waals surface area contributed by atoms with Crippen molar-refractivity contribution >= 4 is 11.9 Å². The van der Waals surface area contributed by atoms with Crippen LogP contribution in [0.1, 0.15) is 61.3 Å². The van der Waals surface area contributed by atoms with Crippen molar-refractivity contribution in [2.75, 3.05) is 39.3 Å². The molecule has 0 aliphatic heterocycles. The van der Waals surface area contributed by atoms with E-state index in [0.717, 1.165) is 45.1 Å². The van der Waals surface area contributed by atoms with Crippen molar-refractivity contribution in [3.05, 3.63) is 0 Å². The molecule has 1 amide bonds. The Morgan fingerprint density at radius 1 is 1.00 bits per heavy atom. The van der Waals surface area contributed by atoms with Crippen molar-refractivity contribution in [2.24, 2.45) is 4.99 Å². The van der Waals surface area contributed by atoms with Crippen molar-refractivity contribution < 1.29 is 4.79 Å². The summed E-state index contributed by atoms with van der Waals surface area (Å²) in [5.41, 5.74) is 0. The maximum absolute atomic E-state index is 12.0. The van der Waals surface area contributed by atoms with Gasteiger partial charge in [-0.05, 0) is 54.9 Å². The minimum Gasteiger partial charge on any atom is -0.357 e. The fourth-order valence-corrected chi connectivity index (χ4v) is 2.92. The van der Waals surface area contributed by atoms with Gasteiger partial charge in [0.1, 0.15) is 0 Å². The van der Waals surface area contributed by atoms with Gasteiger partial charge in [0.2, 0.25) is 5.91 Å². The Morgan fingerprint density at radius 2 is 1.60 bits per heavy atom. The molecule has 0 aliphatic carbocycles. The van der Waals surface area contributed by atoms with Crippen LogP contribution in [0.5, 0.6) is 0 Å². The lowest BCUT2D eigenvalue weighted by atomic mass is 10.2. The molecule has 0 aliphatic rings. The molecule has 0 unspecified atom stereocenters. The van der Waals surface area contributed by atoms with E-state index in [2.05, 4.69) is 55.1 Å². The molecule has 0 rings (SSSR count). The molecule has 0 heterocycles. The van der Waals surface area contributed by atoms with Crippen LogP contribution in [0.4, 0.5) is 0 Å². The number of aliphatic imine (C=N–C) groups is 1. The van der Waals surface area contributed by atoms with Crippen molar-refractivity contribution in [3.8, 4) is 0 Å². The highest BCUT2D eigenvalue weighted by molar-refractivity contribution is 5.81. The molecule has 0 saturated carbocycles. The number of guanidine groups is 1. The normalized spacial score (nSPS) is 12.2. The van der Waals surface area contributed by atoms with E-state index in [1.54, 1.807) is 0 Å². The zero-order valence-corrected chi connectivity index (χ0v) is 17.6. The number of nitrogens with zero attached hydrogens (tertiary/aromatic N) is 3. The van der Waals surface area contributed by atoms with Crippen molar-refractivity contribution in [2.45, 2.75) is 73.4 Å². The van der Waals surface area contributed by atoms with Gasteiger partial charge in [0.15, 0.2) is 5.96 Å². The Balaban J connectivity index is 4.30. The maximum atomic E-state index is 12.0. The van der Waals surface area contributed by atoms with Crippen molar-refractivity contribution in [3.63, 3.8) is 0 Å². The smallest absolute Gasteiger partial charge is 0.224 e. The third kappa shape index (κ3) is 10.3. The zero-order chi connectivity index (χ0) is 19.2. The highest BCUT2D eigenvalue weighted by Gasteiger charge is 2.12. The Morgan fingerprint density at radius 3 is 2.08 bits per heavy atom. The topological polar surface area (TPSA) is 60.0 Å². The monoisotopic (exact) mass is 355 g/mol. The Hall–Kier alpha value is -1.30. The van der Waals surface area contributed by atoms with Crippen LogP contribution in [0.3, 0.4) is 0 Å². The first-order valence-corrected chi connectivity index (χ1v) is 9.92. The summed E-state index contributed by atoms with van der Waals surface area (Å²) in [5, 5.41) is 6.51. The number of hydrogen-bond acceptors (Lipinski definition) is 3. The van der Waals surface area contributed by atoms with Gasteiger partial charge >= 0.3 is 0 Å². The van der Waals surface area contributed by atoms with Gasteiger partial charge in [0.05, 0.1) is 0 Å². The molecular weight excluding hydrogens is 314 g/mol. The average Bonchev–Trinajstić information content (AvgIpc) is 2.54. The summed E-state index contributed by atoms with van der Waals surface area (Å²) >= 11 is 0. The van der Waals surface area contributed by atoms with E-state index in [1.165, 1.54) is 0 Å².